The number of benzene rings is 1. The van der Waals surface area contributed by atoms with Gasteiger partial charge in [-0.1, -0.05) is 12.1 Å². The van der Waals surface area contributed by atoms with Crippen molar-refractivity contribution in [1.29, 1.82) is 0 Å². The molecule has 0 unspecified atom stereocenters. The zero-order chi connectivity index (χ0) is 15.8. The van der Waals surface area contributed by atoms with Gasteiger partial charge >= 0.3 is 0 Å². The van der Waals surface area contributed by atoms with Crippen LogP contribution in [-0.2, 0) is 11.3 Å². The molecular formula is C17H28IN3OS. The summed E-state index contributed by atoms with van der Waals surface area (Å²) in [7, 11) is 3.87. The van der Waals surface area contributed by atoms with E-state index in [0.29, 0.717) is 0 Å². The summed E-state index contributed by atoms with van der Waals surface area (Å²) < 4.78 is 5.68. The Morgan fingerprint density at radius 1 is 1.35 bits per heavy atom. The Labute approximate surface area is 161 Å². The van der Waals surface area contributed by atoms with E-state index in [2.05, 4.69) is 45.7 Å². The summed E-state index contributed by atoms with van der Waals surface area (Å²) >= 11 is 1.76. The Morgan fingerprint density at radius 3 is 2.61 bits per heavy atom. The highest BCUT2D eigenvalue weighted by atomic mass is 127. The molecule has 6 heteroatoms. The first kappa shape index (κ1) is 20.6. The van der Waals surface area contributed by atoms with Gasteiger partial charge in [0, 0.05) is 38.7 Å². The van der Waals surface area contributed by atoms with E-state index in [1.165, 1.54) is 23.3 Å². The number of nitrogens with zero attached hydrogens (tertiary/aromatic N) is 2. The van der Waals surface area contributed by atoms with E-state index in [1.54, 1.807) is 11.8 Å². The van der Waals surface area contributed by atoms with Crippen LogP contribution in [0.5, 0.6) is 0 Å². The molecule has 0 amide bonds. The highest BCUT2D eigenvalue weighted by Gasteiger charge is 2.21. The zero-order valence-corrected chi connectivity index (χ0v) is 17.4. The predicted molar refractivity (Wildman–Crippen MR) is 110 cm³/mol. The number of ether oxygens (including phenoxy) is 1. The Kier molecular flexibility index (Phi) is 9.97. The number of rotatable bonds is 8. The maximum absolute atomic E-state index is 5.68. The van der Waals surface area contributed by atoms with E-state index in [-0.39, 0.29) is 24.0 Å². The summed E-state index contributed by atoms with van der Waals surface area (Å²) in [6.07, 6.45) is 4.78. The van der Waals surface area contributed by atoms with E-state index in [1.807, 2.05) is 14.1 Å². The molecule has 0 bridgehead atoms. The third-order valence-corrected chi connectivity index (χ3v) is 4.55. The molecule has 1 saturated carbocycles. The first-order valence-corrected chi connectivity index (χ1v) is 9.08. The molecule has 0 spiro atoms. The number of likely N-dealkylation sites (N-methyl/N-ethyl adjacent to an activating group) is 1. The van der Waals surface area contributed by atoms with Crippen molar-refractivity contribution >= 4 is 41.7 Å². The predicted octanol–water partition coefficient (Wildman–Crippen LogP) is 3.46. The normalized spacial score (nSPS) is 14.3. The molecule has 1 aromatic rings. The average molecular weight is 449 g/mol. The summed E-state index contributed by atoms with van der Waals surface area (Å²) in [4.78, 5) is 7.74. The number of hydrogen-bond acceptors (Lipinski definition) is 3. The molecule has 130 valence electrons. The minimum Gasteiger partial charge on any atom is -0.379 e. The highest BCUT2D eigenvalue weighted by Crippen LogP contribution is 2.28. The minimum absolute atomic E-state index is 0. The molecule has 1 aromatic carbocycles. The van der Waals surface area contributed by atoms with Gasteiger partial charge in [0.2, 0.25) is 0 Å². The summed E-state index contributed by atoms with van der Waals surface area (Å²) in [6.45, 7) is 3.32. The van der Waals surface area contributed by atoms with Crippen molar-refractivity contribution in [3.8, 4) is 0 Å². The third-order valence-electron chi connectivity index (χ3n) is 3.80. The Morgan fingerprint density at radius 2 is 2.04 bits per heavy atom. The molecule has 0 aliphatic heterocycles. The van der Waals surface area contributed by atoms with Crippen LogP contribution in [0.25, 0.3) is 0 Å². The van der Waals surface area contributed by atoms with Gasteiger partial charge in [0.25, 0.3) is 0 Å². The van der Waals surface area contributed by atoms with Crippen molar-refractivity contribution in [2.45, 2.75) is 24.3 Å². The van der Waals surface area contributed by atoms with Crippen molar-refractivity contribution in [3.63, 3.8) is 0 Å². The van der Waals surface area contributed by atoms with Gasteiger partial charge in [0.15, 0.2) is 5.96 Å². The maximum Gasteiger partial charge on any atom is 0.193 e. The molecule has 0 heterocycles. The fraction of sp³-hybridized carbons (Fsp3) is 0.588. The van der Waals surface area contributed by atoms with E-state index < -0.39 is 0 Å². The fourth-order valence-electron chi connectivity index (χ4n) is 2.15. The van der Waals surface area contributed by atoms with Crippen LogP contribution < -0.4 is 5.32 Å². The second-order valence-electron chi connectivity index (χ2n) is 5.69. The Bertz CT molecular complexity index is 477. The Hall–Kier alpha value is -0.470. The number of nitrogens with one attached hydrogen (secondary N) is 1. The lowest BCUT2D eigenvalue weighted by molar-refractivity contribution is 0.115. The average Bonchev–Trinajstić information content (AvgIpc) is 3.37. The molecule has 23 heavy (non-hydrogen) atoms. The van der Waals surface area contributed by atoms with E-state index in [4.69, 9.17) is 4.74 Å². The summed E-state index contributed by atoms with van der Waals surface area (Å²) in [6, 6.07) is 8.62. The number of aliphatic imine (C=N–C) groups is 1. The van der Waals surface area contributed by atoms with Crippen molar-refractivity contribution in [1.82, 2.24) is 10.2 Å². The number of thioether (sulfide) groups is 1. The summed E-state index contributed by atoms with van der Waals surface area (Å²) in [5.41, 5.74) is 1.26. The minimum atomic E-state index is 0. The second kappa shape index (κ2) is 11.1. The van der Waals surface area contributed by atoms with Crippen molar-refractivity contribution in [3.05, 3.63) is 29.8 Å². The topological polar surface area (TPSA) is 36.9 Å². The van der Waals surface area contributed by atoms with Gasteiger partial charge < -0.3 is 15.0 Å². The number of guanidine groups is 1. The molecule has 0 aromatic heterocycles. The van der Waals surface area contributed by atoms with Crippen molar-refractivity contribution < 1.29 is 4.74 Å². The van der Waals surface area contributed by atoms with Crippen LogP contribution in [0.4, 0.5) is 0 Å². The second-order valence-corrected chi connectivity index (χ2v) is 6.57. The standard InChI is InChI=1S/C17H27N3OS.HI/c1-18-17(20(2)10-11-21-13-15-4-5-15)19-12-14-6-8-16(22-3)9-7-14;/h6-9,15H,4-5,10-13H2,1-3H3,(H,18,19);1H. The van der Waals surface area contributed by atoms with Crippen molar-refractivity contribution in [2.24, 2.45) is 10.9 Å². The van der Waals surface area contributed by atoms with Gasteiger partial charge in [-0.3, -0.25) is 4.99 Å². The molecule has 1 aliphatic rings. The summed E-state index contributed by atoms with van der Waals surface area (Å²) in [5.74, 6) is 1.73. The van der Waals surface area contributed by atoms with Crippen LogP contribution in [-0.4, -0.2) is 51.0 Å². The van der Waals surface area contributed by atoms with Gasteiger partial charge in [0.1, 0.15) is 0 Å². The molecule has 1 N–H and O–H groups in total. The first-order chi connectivity index (χ1) is 10.7. The molecule has 0 radical (unpaired) electrons. The Balaban J connectivity index is 0.00000264. The first-order valence-electron chi connectivity index (χ1n) is 7.85. The lowest BCUT2D eigenvalue weighted by Crippen LogP contribution is -2.40. The summed E-state index contributed by atoms with van der Waals surface area (Å²) in [5, 5.41) is 3.40. The number of halogens is 1. The van der Waals surface area contributed by atoms with Crippen LogP contribution in [0.3, 0.4) is 0 Å². The molecule has 2 rings (SSSR count). The SMILES string of the molecule is CN=C(NCc1ccc(SC)cc1)N(C)CCOCC1CC1.I. The third kappa shape index (κ3) is 7.76. The maximum atomic E-state index is 5.68. The molecular weight excluding hydrogens is 421 g/mol. The van der Waals surface area contributed by atoms with E-state index in [0.717, 1.165) is 38.2 Å². The molecule has 0 atom stereocenters. The molecule has 1 aliphatic carbocycles. The van der Waals surface area contributed by atoms with Crippen molar-refractivity contribution in [2.75, 3.05) is 40.1 Å². The van der Waals surface area contributed by atoms with Crippen LogP contribution in [0.15, 0.2) is 34.2 Å². The lowest BCUT2D eigenvalue weighted by atomic mass is 10.2. The fourth-order valence-corrected chi connectivity index (χ4v) is 2.56. The molecule has 1 fully saturated rings. The lowest BCUT2D eigenvalue weighted by Gasteiger charge is -2.22. The van der Waals surface area contributed by atoms with Crippen LogP contribution in [0.1, 0.15) is 18.4 Å². The largest absolute Gasteiger partial charge is 0.379 e. The number of hydrogen-bond donors (Lipinski definition) is 1. The monoisotopic (exact) mass is 449 g/mol. The zero-order valence-electron chi connectivity index (χ0n) is 14.2. The van der Waals surface area contributed by atoms with Gasteiger partial charge in [-0.2, -0.15) is 0 Å². The highest BCUT2D eigenvalue weighted by molar-refractivity contribution is 14.0. The smallest absolute Gasteiger partial charge is 0.193 e. The van der Waals surface area contributed by atoms with Gasteiger partial charge in [-0.15, -0.1) is 35.7 Å². The molecule has 0 saturated heterocycles. The van der Waals surface area contributed by atoms with Gasteiger partial charge in [-0.05, 0) is 42.7 Å². The van der Waals surface area contributed by atoms with Gasteiger partial charge in [0.05, 0.1) is 6.61 Å². The van der Waals surface area contributed by atoms with Crippen LogP contribution in [0, 0.1) is 5.92 Å². The van der Waals surface area contributed by atoms with Gasteiger partial charge in [-0.25, -0.2) is 0 Å². The van der Waals surface area contributed by atoms with E-state index >= 15 is 0 Å². The quantitative estimate of drug-likeness (QED) is 0.217. The van der Waals surface area contributed by atoms with Crippen LogP contribution >= 0.6 is 35.7 Å². The van der Waals surface area contributed by atoms with Crippen LogP contribution in [0.2, 0.25) is 0 Å². The van der Waals surface area contributed by atoms with E-state index in [9.17, 15) is 0 Å². The molecule has 4 nitrogen and oxygen atoms in total.